The van der Waals surface area contributed by atoms with Crippen molar-refractivity contribution in [3.63, 3.8) is 0 Å². The van der Waals surface area contributed by atoms with Gasteiger partial charge in [-0.1, -0.05) is 11.3 Å². The number of halogens is 1. The number of rotatable bonds is 4. The van der Waals surface area contributed by atoms with Crippen molar-refractivity contribution in [3.05, 3.63) is 68.7 Å². The molecule has 2 aromatic carbocycles. The monoisotopic (exact) mass is 383 g/mol. The molecule has 8 heteroatoms. The summed E-state index contributed by atoms with van der Waals surface area (Å²) in [5.74, 6) is 1.33. The lowest BCUT2D eigenvalue weighted by Gasteiger charge is -2.06. The molecule has 4 aromatic rings. The van der Waals surface area contributed by atoms with Gasteiger partial charge in [-0.15, -0.1) is 5.10 Å². The standard InChI is InChI=1S/C19H14FN3O3S/c1-25-14-7-8-15(26-2)12(9-14)10-16-18(24)23-19(27-16)21-17(22-23)11-3-5-13(20)6-4-11/h3-10H,1-2H3/b16-10-. The smallest absolute Gasteiger partial charge is 0.291 e. The highest BCUT2D eigenvalue weighted by Gasteiger charge is 2.13. The van der Waals surface area contributed by atoms with E-state index in [-0.39, 0.29) is 11.4 Å². The summed E-state index contributed by atoms with van der Waals surface area (Å²) in [5, 5.41) is 4.26. The number of fused-ring (bicyclic) bond motifs is 1. The van der Waals surface area contributed by atoms with Crippen molar-refractivity contribution in [3.8, 4) is 22.9 Å². The second-order valence-corrected chi connectivity index (χ2v) is 6.67. The number of thiazole rings is 1. The van der Waals surface area contributed by atoms with E-state index in [1.165, 1.54) is 28.0 Å². The second kappa shape index (κ2) is 6.81. The Morgan fingerprint density at radius 1 is 1.11 bits per heavy atom. The maximum absolute atomic E-state index is 13.1. The van der Waals surface area contributed by atoms with Crippen molar-refractivity contribution < 1.29 is 13.9 Å². The predicted molar refractivity (Wildman–Crippen MR) is 101 cm³/mol. The van der Waals surface area contributed by atoms with Crippen LogP contribution in [0.2, 0.25) is 0 Å². The first-order valence-electron chi connectivity index (χ1n) is 7.98. The van der Waals surface area contributed by atoms with E-state index in [2.05, 4.69) is 10.1 Å². The Bertz CT molecular complexity index is 1230. The molecular formula is C19H14FN3O3S. The number of ether oxygens (including phenoxy) is 2. The highest BCUT2D eigenvalue weighted by atomic mass is 32.1. The molecule has 0 radical (unpaired) electrons. The second-order valence-electron chi connectivity index (χ2n) is 5.66. The van der Waals surface area contributed by atoms with Crippen LogP contribution in [0.1, 0.15) is 5.56 Å². The third-order valence-corrected chi connectivity index (χ3v) is 4.97. The molecule has 0 unspecified atom stereocenters. The molecule has 0 N–H and O–H groups in total. The molecule has 0 aliphatic carbocycles. The third-order valence-electron chi connectivity index (χ3n) is 4.01. The summed E-state index contributed by atoms with van der Waals surface area (Å²) < 4.78 is 25.4. The van der Waals surface area contributed by atoms with Crippen LogP contribution < -0.4 is 19.6 Å². The molecule has 0 spiro atoms. The van der Waals surface area contributed by atoms with Crippen LogP contribution in [0.4, 0.5) is 4.39 Å². The molecule has 136 valence electrons. The molecule has 0 saturated carbocycles. The van der Waals surface area contributed by atoms with Gasteiger partial charge in [0.1, 0.15) is 17.3 Å². The lowest BCUT2D eigenvalue weighted by atomic mass is 10.2. The first kappa shape index (κ1) is 17.2. The molecule has 0 amide bonds. The molecule has 0 fully saturated rings. The van der Waals surface area contributed by atoms with Crippen LogP contribution in [0.25, 0.3) is 22.4 Å². The van der Waals surface area contributed by atoms with Crippen molar-refractivity contribution in [2.75, 3.05) is 14.2 Å². The van der Waals surface area contributed by atoms with Gasteiger partial charge in [-0.2, -0.15) is 9.50 Å². The van der Waals surface area contributed by atoms with Crippen LogP contribution >= 0.6 is 11.3 Å². The molecule has 2 aromatic heterocycles. The van der Waals surface area contributed by atoms with Crippen molar-refractivity contribution in [1.82, 2.24) is 14.6 Å². The summed E-state index contributed by atoms with van der Waals surface area (Å²) in [7, 11) is 3.14. The Balaban J connectivity index is 1.81. The lowest BCUT2D eigenvalue weighted by Crippen LogP contribution is -2.23. The highest BCUT2D eigenvalue weighted by Crippen LogP contribution is 2.24. The normalized spacial score (nSPS) is 11.9. The molecule has 0 atom stereocenters. The van der Waals surface area contributed by atoms with Crippen LogP contribution in [0.15, 0.2) is 47.3 Å². The molecule has 0 bridgehead atoms. The van der Waals surface area contributed by atoms with Crippen molar-refractivity contribution in [1.29, 1.82) is 0 Å². The first-order chi connectivity index (χ1) is 13.1. The van der Waals surface area contributed by atoms with E-state index in [1.54, 1.807) is 50.6 Å². The summed E-state index contributed by atoms with van der Waals surface area (Å²) >= 11 is 1.22. The highest BCUT2D eigenvalue weighted by molar-refractivity contribution is 7.15. The van der Waals surface area contributed by atoms with Crippen molar-refractivity contribution in [2.24, 2.45) is 0 Å². The summed E-state index contributed by atoms with van der Waals surface area (Å²) in [6.07, 6.45) is 1.72. The van der Waals surface area contributed by atoms with Gasteiger partial charge in [0, 0.05) is 11.1 Å². The van der Waals surface area contributed by atoms with E-state index in [0.717, 1.165) is 5.56 Å². The zero-order valence-corrected chi connectivity index (χ0v) is 15.3. The molecular weight excluding hydrogens is 369 g/mol. The maximum Gasteiger partial charge on any atom is 0.291 e. The largest absolute Gasteiger partial charge is 0.497 e. The van der Waals surface area contributed by atoms with Gasteiger partial charge in [-0.05, 0) is 48.5 Å². The summed E-state index contributed by atoms with van der Waals surface area (Å²) in [6.45, 7) is 0. The van der Waals surface area contributed by atoms with Gasteiger partial charge in [0.25, 0.3) is 5.56 Å². The Hall–Kier alpha value is -3.26. The molecule has 0 aliphatic heterocycles. The van der Waals surface area contributed by atoms with Gasteiger partial charge in [0.05, 0.1) is 18.8 Å². The minimum atomic E-state index is -0.339. The van der Waals surface area contributed by atoms with E-state index < -0.39 is 0 Å². The van der Waals surface area contributed by atoms with Gasteiger partial charge in [0.2, 0.25) is 4.96 Å². The van der Waals surface area contributed by atoms with Crippen LogP contribution in [-0.2, 0) is 0 Å². The van der Waals surface area contributed by atoms with E-state index in [9.17, 15) is 9.18 Å². The predicted octanol–water partition coefficient (Wildman–Crippen LogP) is 2.52. The summed E-state index contributed by atoms with van der Waals surface area (Å²) in [6, 6.07) is 11.2. The van der Waals surface area contributed by atoms with Crippen molar-refractivity contribution in [2.45, 2.75) is 0 Å². The van der Waals surface area contributed by atoms with E-state index in [1.807, 2.05) is 0 Å². The van der Waals surface area contributed by atoms with Crippen LogP contribution in [-0.4, -0.2) is 28.8 Å². The Labute approximate surface area is 157 Å². The average molecular weight is 383 g/mol. The maximum atomic E-state index is 13.1. The van der Waals surface area contributed by atoms with Gasteiger partial charge in [-0.25, -0.2) is 4.39 Å². The number of methoxy groups -OCH3 is 2. The minimum Gasteiger partial charge on any atom is -0.497 e. The summed E-state index contributed by atoms with van der Waals surface area (Å²) in [5.41, 5.74) is 1.09. The fourth-order valence-corrected chi connectivity index (χ4v) is 3.55. The van der Waals surface area contributed by atoms with Gasteiger partial charge >= 0.3 is 0 Å². The van der Waals surface area contributed by atoms with Gasteiger partial charge in [-0.3, -0.25) is 4.79 Å². The lowest BCUT2D eigenvalue weighted by molar-refractivity contribution is 0.402. The minimum absolute atomic E-state index is 0.277. The van der Waals surface area contributed by atoms with Crippen LogP contribution in [0.5, 0.6) is 11.5 Å². The number of nitrogens with zero attached hydrogens (tertiary/aromatic N) is 3. The third kappa shape index (κ3) is 3.15. The Morgan fingerprint density at radius 3 is 2.56 bits per heavy atom. The van der Waals surface area contributed by atoms with Crippen LogP contribution in [0.3, 0.4) is 0 Å². The molecule has 6 nitrogen and oxygen atoms in total. The number of aromatic nitrogens is 3. The molecule has 0 saturated heterocycles. The average Bonchev–Trinajstić information content (AvgIpc) is 3.22. The molecule has 27 heavy (non-hydrogen) atoms. The van der Waals surface area contributed by atoms with Crippen LogP contribution in [0, 0.1) is 5.82 Å². The number of hydrogen-bond donors (Lipinski definition) is 0. The topological polar surface area (TPSA) is 65.7 Å². The van der Waals surface area contributed by atoms with E-state index in [4.69, 9.17) is 9.47 Å². The molecule has 0 aliphatic rings. The van der Waals surface area contributed by atoms with E-state index in [0.29, 0.717) is 32.4 Å². The van der Waals surface area contributed by atoms with Crippen molar-refractivity contribution >= 4 is 22.4 Å². The molecule has 4 rings (SSSR count). The number of hydrogen-bond acceptors (Lipinski definition) is 6. The van der Waals surface area contributed by atoms with Gasteiger partial charge in [0.15, 0.2) is 5.82 Å². The zero-order valence-electron chi connectivity index (χ0n) is 14.5. The first-order valence-corrected chi connectivity index (χ1v) is 8.80. The zero-order chi connectivity index (χ0) is 19.0. The Kier molecular flexibility index (Phi) is 4.33. The number of benzene rings is 2. The Morgan fingerprint density at radius 2 is 1.89 bits per heavy atom. The van der Waals surface area contributed by atoms with E-state index >= 15 is 0 Å². The van der Waals surface area contributed by atoms with Gasteiger partial charge < -0.3 is 9.47 Å². The fourth-order valence-electron chi connectivity index (χ4n) is 2.65. The molecule has 2 heterocycles. The summed E-state index contributed by atoms with van der Waals surface area (Å²) in [4.78, 5) is 17.5. The fraction of sp³-hybridized carbons (Fsp3) is 0.105. The SMILES string of the molecule is COc1ccc(OC)c(/C=c2\sc3nc(-c4ccc(F)cc4)nn3c2=O)c1. The quantitative estimate of drug-likeness (QED) is 0.542.